The van der Waals surface area contributed by atoms with Gasteiger partial charge in [0.05, 0.1) is 4.99 Å². The molecule has 0 aliphatic rings. The summed E-state index contributed by atoms with van der Waals surface area (Å²) in [4.78, 5) is 4.47. The number of H-pyrrole nitrogens is 1. The van der Waals surface area contributed by atoms with E-state index in [9.17, 15) is 0 Å². The quantitative estimate of drug-likeness (QED) is 0.634. The SMILES string of the molecule is CC(C)Cc1cc(OCc2ccncc2)c2n[nH]c(CC(N)=S)c2c1. The Morgan fingerprint density at radius 3 is 2.68 bits per heavy atom. The molecule has 0 aliphatic carbocycles. The Morgan fingerprint density at radius 1 is 1.24 bits per heavy atom. The molecule has 0 spiro atoms. The second kappa shape index (κ2) is 7.61. The van der Waals surface area contributed by atoms with E-state index < -0.39 is 0 Å². The first-order chi connectivity index (χ1) is 12.0. The molecule has 3 N–H and O–H groups in total. The van der Waals surface area contributed by atoms with E-state index in [4.69, 9.17) is 22.7 Å². The average molecular weight is 354 g/mol. The van der Waals surface area contributed by atoms with Crippen LogP contribution in [0, 0.1) is 5.92 Å². The van der Waals surface area contributed by atoms with Crippen LogP contribution in [0.15, 0.2) is 36.7 Å². The Kier molecular flexibility index (Phi) is 5.28. The number of aromatic amines is 1. The van der Waals surface area contributed by atoms with E-state index in [0.717, 1.165) is 34.3 Å². The van der Waals surface area contributed by atoms with E-state index in [1.807, 2.05) is 12.1 Å². The molecule has 25 heavy (non-hydrogen) atoms. The average Bonchev–Trinajstić information content (AvgIpc) is 2.95. The zero-order valence-corrected chi connectivity index (χ0v) is 15.3. The number of nitrogens with two attached hydrogens (primary N) is 1. The number of rotatable bonds is 7. The number of pyridine rings is 1. The van der Waals surface area contributed by atoms with E-state index >= 15 is 0 Å². The molecule has 1 aromatic carbocycles. The minimum Gasteiger partial charge on any atom is -0.487 e. The monoisotopic (exact) mass is 354 g/mol. The number of ether oxygens (including phenoxy) is 1. The third-order valence-corrected chi connectivity index (χ3v) is 4.05. The molecule has 0 unspecified atom stereocenters. The molecule has 3 rings (SSSR count). The van der Waals surface area contributed by atoms with Crippen LogP contribution in [0.5, 0.6) is 5.75 Å². The van der Waals surface area contributed by atoms with Crippen molar-refractivity contribution in [2.75, 3.05) is 0 Å². The van der Waals surface area contributed by atoms with Gasteiger partial charge in [0.15, 0.2) is 0 Å². The maximum Gasteiger partial charge on any atom is 0.148 e. The van der Waals surface area contributed by atoms with Gasteiger partial charge in [0.1, 0.15) is 17.9 Å². The Hall–Kier alpha value is -2.47. The van der Waals surface area contributed by atoms with Crippen molar-refractivity contribution >= 4 is 28.1 Å². The Morgan fingerprint density at radius 2 is 2.00 bits per heavy atom. The summed E-state index contributed by atoms with van der Waals surface area (Å²) in [6, 6.07) is 8.12. The molecule has 130 valence electrons. The molecule has 0 atom stereocenters. The van der Waals surface area contributed by atoms with E-state index in [-0.39, 0.29) is 0 Å². The Labute approximate surface area is 152 Å². The van der Waals surface area contributed by atoms with Crippen molar-refractivity contribution in [3.63, 3.8) is 0 Å². The van der Waals surface area contributed by atoms with Crippen molar-refractivity contribution in [1.29, 1.82) is 0 Å². The zero-order chi connectivity index (χ0) is 17.8. The summed E-state index contributed by atoms with van der Waals surface area (Å²) in [5.41, 5.74) is 9.74. The van der Waals surface area contributed by atoms with Crippen LogP contribution in [0.1, 0.15) is 30.7 Å². The molecule has 6 heteroatoms. The normalized spacial score (nSPS) is 11.2. The molecule has 5 nitrogen and oxygen atoms in total. The van der Waals surface area contributed by atoms with Crippen LogP contribution in [-0.4, -0.2) is 20.2 Å². The lowest BCUT2D eigenvalue weighted by molar-refractivity contribution is 0.309. The third-order valence-electron chi connectivity index (χ3n) is 3.90. The lowest BCUT2D eigenvalue weighted by atomic mass is 10.00. The lowest BCUT2D eigenvalue weighted by Crippen LogP contribution is -2.11. The van der Waals surface area contributed by atoms with Gasteiger partial charge in [-0.15, -0.1) is 0 Å². The highest BCUT2D eigenvalue weighted by Crippen LogP contribution is 2.30. The highest BCUT2D eigenvalue weighted by molar-refractivity contribution is 7.80. The molecule has 0 saturated carbocycles. The fraction of sp³-hybridized carbons (Fsp3) is 0.316. The first kappa shape index (κ1) is 17.4. The van der Waals surface area contributed by atoms with Gasteiger partial charge in [-0.1, -0.05) is 26.1 Å². The fourth-order valence-corrected chi connectivity index (χ4v) is 2.99. The summed E-state index contributed by atoms with van der Waals surface area (Å²) in [7, 11) is 0. The van der Waals surface area contributed by atoms with Gasteiger partial charge in [-0.05, 0) is 47.7 Å². The largest absolute Gasteiger partial charge is 0.487 e. The van der Waals surface area contributed by atoms with Gasteiger partial charge in [0, 0.05) is 29.9 Å². The van der Waals surface area contributed by atoms with E-state index in [2.05, 4.69) is 41.2 Å². The maximum absolute atomic E-state index is 6.07. The molecule has 0 fully saturated rings. The molecule has 2 aromatic heterocycles. The Bertz CT molecular complexity index is 874. The zero-order valence-electron chi connectivity index (χ0n) is 14.5. The molecule has 0 saturated heterocycles. The number of benzene rings is 1. The number of hydrogen-bond donors (Lipinski definition) is 2. The van der Waals surface area contributed by atoms with Crippen molar-refractivity contribution in [2.24, 2.45) is 11.7 Å². The van der Waals surface area contributed by atoms with Gasteiger partial charge in [-0.3, -0.25) is 10.1 Å². The summed E-state index contributed by atoms with van der Waals surface area (Å²) >= 11 is 5.05. The molecule has 0 amide bonds. The molecule has 0 bridgehead atoms. The maximum atomic E-state index is 6.07. The predicted molar refractivity (Wildman–Crippen MR) is 104 cm³/mol. The van der Waals surface area contributed by atoms with Gasteiger partial charge in [-0.2, -0.15) is 5.10 Å². The number of aromatic nitrogens is 3. The van der Waals surface area contributed by atoms with Crippen molar-refractivity contribution in [3.8, 4) is 5.75 Å². The molecular weight excluding hydrogens is 332 g/mol. The lowest BCUT2D eigenvalue weighted by Gasteiger charge is -2.11. The van der Waals surface area contributed by atoms with Crippen LogP contribution in [0.25, 0.3) is 10.9 Å². The summed E-state index contributed by atoms with van der Waals surface area (Å²) < 4.78 is 6.07. The number of hydrogen-bond acceptors (Lipinski definition) is 4. The highest BCUT2D eigenvalue weighted by Gasteiger charge is 2.14. The first-order valence-electron chi connectivity index (χ1n) is 8.33. The predicted octanol–water partition coefficient (Wildman–Crippen LogP) is 3.56. The number of nitrogens with one attached hydrogen (secondary N) is 1. The topological polar surface area (TPSA) is 76.8 Å². The molecule has 2 heterocycles. The summed E-state index contributed by atoms with van der Waals surface area (Å²) in [5, 5.41) is 8.51. The van der Waals surface area contributed by atoms with Gasteiger partial charge in [0.2, 0.25) is 0 Å². The van der Waals surface area contributed by atoms with Crippen LogP contribution < -0.4 is 10.5 Å². The molecule has 3 aromatic rings. The smallest absolute Gasteiger partial charge is 0.148 e. The second-order valence-corrected chi connectivity index (χ2v) is 7.10. The van der Waals surface area contributed by atoms with Crippen LogP contribution in [0.4, 0.5) is 0 Å². The van der Waals surface area contributed by atoms with E-state index in [0.29, 0.717) is 23.9 Å². The van der Waals surface area contributed by atoms with Gasteiger partial charge in [-0.25, -0.2) is 0 Å². The summed E-state index contributed by atoms with van der Waals surface area (Å²) in [6.07, 6.45) is 5.00. The van der Waals surface area contributed by atoms with Crippen molar-refractivity contribution in [3.05, 3.63) is 53.5 Å². The van der Waals surface area contributed by atoms with Gasteiger partial charge in [0.25, 0.3) is 0 Å². The van der Waals surface area contributed by atoms with E-state index in [1.54, 1.807) is 12.4 Å². The van der Waals surface area contributed by atoms with Crippen LogP contribution in [-0.2, 0) is 19.4 Å². The van der Waals surface area contributed by atoms with E-state index in [1.165, 1.54) is 5.56 Å². The first-order valence-corrected chi connectivity index (χ1v) is 8.73. The fourth-order valence-electron chi connectivity index (χ4n) is 2.84. The highest BCUT2D eigenvalue weighted by atomic mass is 32.1. The Balaban J connectivity index is 1.96. The second-order valence-electron chi connectivity index (χ2n) is 6.58. The number of nitrogens with zero attached hydrogens (tertiary/aromatic N) is 2. The van der Waals surface area contributed by atoms with Crippen LogP contribution in [0.3, 0.4) is 0 Å². The summed E-state index contributed by atoms with van der Waals surface area (Å²) in [5.74, 6) is 1.33. The van der Waals surface area contributed by atoms with Crippen LogP contribution in [0.2, 0.25) is 0 Å². The third kappa shape index (κ3) is 4.33. The standard InChI is InChI=1S/C19H22N4OS/c1-12(2)7-14-8-15-16(10-18(20)25)22-23-19(15)17(9-14)24-11-13-3-5-21-6-4-13/h3-6,8-9,12H,7,10-11H2,1-2H3,(H2,20,25)(H,22,23). The van der Waals surface area contributed by atoms with Crippen molar-refractivity contribution in [2.45, 2.75) is 33.3 Å². The molecule has 0 aliphatic heterocycles. The minimum atomic E-state index is 0.444. The number of thiocarbonyl (C=S) groups is 1. The molecular formula is C19H22N4OS. The summed E-state index contributed by atoms with van der Waals surface area (Å²) in [6.45, 7) is 4.88. The van der Waals surface area contributed by atoms with Gasteiger partial charge < -0.3 is 10.5 Å². The minimum absolute atomic E-state index is 0.444. The van der Waals surface area contributed by atoms with Crippen LogP contribution >= 0.6 is 12.2 Å². The van der Waals surface area contributed by atoms with Crippen molar-refractivity contribution in [1.82, 2.24) is 15.2 Å². The van der Waals surface area contributed by atoms with Crippen molar-refractivity contribution < 1.29 is 4.74 Å². The molecule has 0 radical (unpaired) electrons. The van der Waals surface area contributed by atoms with Gasteiger partial charge >= 0.3 is 0 Å². The number of fused-ring (bicyclic) bond motifs is 1.